The van der Waals surface area contributed by atoms with Crippen LogP contribution < -0.4 is 0 Å². The number of terminal acetylenes is 1. The molecule has 246 valence electrons. The number of likely N-dealkylation sites (tertiary alicyclic amines) is 1. The largest absolute Gasteiger partial charge is 0.339 e. The van der Waals surface area contributed by atoms with Gasteiger partial charge in [-0.2, -0.15) is 0 Å². The highest BCUT2D eigenvalue weighted by atomic mass is 19.3. The number of amides is 1. The van der Waals surface area contributed by atoms with E-state index in [-0.39, 0.29) is 17.4 Å². The van der Waals surface area contributed by atoms with Crippen molar-refractivity contribution in [2.75, 3.05) is 13.1 Å². The number of allylic oxidation sites excluding steroid dienone is 2. The SMILES string of the molecule is C#CC(=Nc1ccccc1C)C1CCN(C(=O)c2ccc(/C(=C\CC(=C)C)c3cccc(C(C)(F)F)c3)c(C)c2)CC1.CCC1CC1. The van der Waals surface area contributed by atoms with Crippen LogP contribution in [0.2, 0.25) is 0 Å². The van der Waals surface area contributed by atoms with Crippen LogP contribution >= 0.6 is 0 Å². The minimum Gasteiger partial charge on any atom is -0.339 e. The van der Waals surface area contributed by atoms with Gasteiger partial charge in [0.1, 0.15) is 0 Å². The van der Waals surface area contributed by atoms with Crippen LogP contribution in [0.1, 0.15) is 97.5 Å². The first kappa shape index (κ1) is 35.6. The molecule has 3 aromatic rings. The molecule has 0 aromatic heterocycles. The highest BCUT2D eigenvalue weighted by Crippen LogP contribution is 2.34. The number of rotatable bonds is 9. The monoisotopic (exact) mass is 634 g/mol. The van der Waals surface area contributed by atoms with Crippen LogP contribution in [0.4, 0.5) is 14.5 Å². The second-order valence-corrected chi connectivity index (χ2v) is 13.1. The zero-order valence-electron chi connectivity index (χ0n) is 28.6. The minimum absolute atomic E-state index is 0.0266. The van der Waals surface area contributed by atoms with Gasteiger partial charge in [0.25, 0.3) is 11.8 Å². The van der Waals surface area contributed by atoms with Gasteiger partial charge >= 0.3 is 0 Å². The molecule has 1 saturated heterocycles. The average Bonchev–Trinajstić information content (AvgIpc) is 3.90. The van der Waals surface area contributed by atoms with Gasteiger partial charge in [0.2, 0.25) is 0 Å². The molecule has 1 amide bonds. The molecule has 0 spiro atoms. The van der Waals surface area contributed by atoms with Gasteiger partial charge in [0.05, 0.1) is 11.4 Å². The number of hydrogen-bond donors (Lipinski definition) is 0. The molecule has 2 fully saturated rings. The van der Waals surface area contributed by atoms with Crippen molar-refractivity contribution < 1.29 is 13.6 Å². The van der Waals surface area contributed by atoms with E-state index < -0.39 is 5.92 Å². The van der Waals surface area contributed by atoms with Crippen LogP contribution in [0.15, 0.2) is 90.0 Å². The summed E-state index contributed by atoms with van der Waals surface area (Å²) in [5.74, 6) is 1.08. The fraction of sp³-hybridized carbons (Fsp3) is 0.381. The number of nitrogens with zero attached hydrogens (tertiary/aromatic N) is 2. The Bertz CT molecular complexity index is 1680. The van der Waals surface area contributed by atoms with E-state index in [9.17, 15) is 13.6 Å². The fourth-order valence-corrected chi connectivity index (χ4v) is 5.84. The topological polar surface area (TPSA) is 32.7 Å². The Balaban J connectivity index is 0.000000912. The first-order valence-electron chi connectivity index (χ1n) is 16.8. The summed E-state index contributed by atoms with van der Waals surface area (Å²) < 4.78 is 28.2. The summed E-state index contributed by atoms with van der Waals surface area (Å²) >= 11 is 0. The molecule has 3 aromatic carbocycles. The summed E-state index contributed by atoms with van der Waals surface area (Å²) in [7, 11) is 0. The average molecular weight is 635 g/mol. The lowest BCUT2D eigenvalue weighted by Crippen LogP contribution is -2.40. The molecule has 5 rings (SSSR count). The van der Waals surface area contributed by atoms with E-state index in [1.807, 2.05) is 80.3 Å². The van der Waals surface area contributed by atoms with E-state index in [1.165, 1.54) is 25.3 Å². The number of benzene rings is 3. The first-order valence-corrected chi connectivity index (χ1v) is 16.8. The summed E-state index contributed by atoms with van der Waals surface area (Å²) in [6.07, 6.45) is 14.4. The highest BCUT2D eigenvalue weighted by Gasteiger charge is 2.27. The van der Waals surface area contributed by atoms with Crippen LogP contribution in [-0.2, 0) is 5.92 Å². The number of para-hydroxylation sites is 1. The first-order chi connectivity index (χ1) is 22.4. The van der Waals surface area contributed by atoms with Crippen LogP contribution in [-0.4, -0.2) is 29.6 Å². The van der Waals surface area contributed by atoms with E-state index in [1.54, 1.807) is 12.1 Å². The Morgan fingerprint density at radius 2 is 1.70 bits per heavy atom. The van der Waals surface area contributed by atoms with Crippen LogP contribution in [0, 0.1) is 38.0 Å². The molecule has 1 aliphatic heterocycles. The van der Waals surface area contributed by atoms with Crippen LogP contribution in [0.5, 0.6) is 0 Å². The van der Waals surface area contributed by atoms with E-state index in [0.29, 0.717) is 30.6 Å². The maximum absolute atomic E-state index is 14.1. The number of carbonyl (C=O) groups excluding carboxylic acids is 1. The van der Waals surface area contributed by atoms with E-state index in [0.717, 1.165) is 64.9 Å². The van der Waals surface area contributed by atoms with Gasteiger partial charge in [0, 0.05) is 37.1 Å². The molecule has 1 heterocycles. The summed E-state index contributed by atoms with van der Waals surface area (Å²) in [5.41, 5.74) is 7.57. The van der Waals surface area contributed by atoms with Crippen molar-refractivity contribution in [2.45, 2.75) is 79.1 Å². The zero-order valence-corrected chi connectivity index (χ0v) is 28.6. The van der Waals surface area contributed by atoms with Crippen molar-refractivity contribution in [1.29, 1.82) is 0 Å². The summed E-state index contributed by atoms with van der Waals surface area (Å²) in [6.45, 7) is 14.3. The molecule has 1 saturated carbocycles. The smallest absolute Gasteiger partial charge is 0.270 e. The van der Waals surface area contributed by atoms with Crippen molar-refractivity contribution in [1.82, 2.24) is 4.90 Å². The lowest BCUT2D eigenvalue weighted by atomic mass is 9.89. The van der Waals surface area contributed by atoms with Gasteiger partial charge in [-0.1, -0.05) is 92.8 Å². The van der Waals surface area contributed by atoms with Gasteiger partial charge < -0.3 is 4.90 Å². The van der Waals surface area contributed by atoms with Crippen molar-refractivity contribution >= 4 is 22.9 Å². The number of carbonyl (C=O) groups is 1. The van der Waals surface area contributed by atoms with E-state index in [4.69, 9.17) is 11.4 Å². The molecule has 0 bridgehead atoms. The summed E-state index contributed by atoms with van der Waals surface area (Å²) in [6, 6.07) is 20.0. The maximum Gasteiger partial charge on any atom is 0.270 e. The van der Waals surface area contributed by atoms with Gasteiger partial charge in [-0.15, -0.1) is 6.42 Å². The van der Waals surface area contributed by atoms with Gasteiger partial charge in [-0.05, 0) is 98.0 Å². The van der Waals surface area contributed by atoms with Crippen molar-refractivity contribution in [3.63, 3.8) is 0 Å². The summed E-state index contributed by atoms with van der Waals surface area (Å²) in [5, 5.41) is 0. The number of piperidine rings is 1. The van der Waals surface area contributed by atoms with Crippen molar-refractivity contribution in [3.05, 3.63) is 118 Å². The molecule has 5 heteroatoms. The third kappa shape index (κ3) is 9.85. The number of alkyl halides is 2. The predicted molar refractivity (Wildman–Crippen MR) is 192 cm³/mol. The molecule has 1 aliphatic carbocycles. The lowest BCUT2D eigenvalue weighted by molar-refractivity contribution is 0.0174. The Morgan fingerprint density at radius 3 is 2.26 bits per heavy atom. The fourth-order valence-electron chi connectivity index (χ4n) is 5.84. The standard InChI is InChI=1S/C37H38F2N2O.C5H10/c1-7-34(40-35-14-9-8-11-26(35)4)28-19-21-41(22-20-28)36(42)30-16-18-32(27(5)23-30)33(17-15-25(2)3)29-12-10-13-31(24-29)37(6,38)39;1-2-5-3-4-5/h1,8-14,16-18,23-24,28H,2,15,19-22H2,3-6H3;5H,2-4H2,1H3/b33-17-,40-34?;. The molecule has 0 unspecified atom stereocenters. The minimum atomic E-state index is -2.94. The highest BCUT2D eigenvalue weighted by molar-refractivity contribution is 6.03. The van der Waals surface area contributed by atoms with Crippen molar-refractivity contribution in [2.24, 2.45) is 16.8 Å². The maximum atomic E-state index is 14.1. The Morgan fingerprint density at radius 1 is 1.00 bits per heavy atom. The van der Waals surface area contributed by atoms with Crippen molar-refractivity contribution in [3.8, 4) is 12.3 Å². The molecular formula is C42H48F2N2O. The molecule has 3 nitrogen and oxygen atoms in total. The van der Waals surface area contributed by atoms with E-state index in [2.05, 4.69) is 19.4 Å². The van der Waals surface area contributed by atoms with Gasteiger partial charge in [-0.3, -0.25) is 4.79 Å². The Hall–Kier alpha value is -4.30. The zero-order chi connectivity index (χ0) is 34.1. The molecular weight excluding hydrogens is 586 g/mol. The van der Waals surface area contributed by atoms with Crippen LogP contribution in [0.3, 0.4) is 0 Å². The molecule has 0 atom stereocenters. The second kappa shape index (κ2) is 16.0. The molecule has 47 heavy (non-hydrogen) atoms. The number of halogens is 2. The Kier molecular flexibility index (Phi) is 12.1. The number of aryl methyl sites for hydroxylation is 2. The molecule has 0 N–H and O–H groups in total. The number of aliphatic imine (C=N–C) groups is 1. The second-order valence-electron chi connectivity index (χ2n) is 13.1. The summed E-state index contributed by atoms with van der Waals surface area (Å²) in [4.78, 5) is 20.1. The van der Waals surface area contributed by atoms with Crippen LogP contribution in [0.25, 0.3) is 5.57 Å². The van der Waals surface area contributed by atoms with E-state index >= 15 is 0 Å². The molecule has 0 radical (unpaired) electrons. The normalized spacial score (nSPS) is 15.8. The Labute approximate surface area is 280 Å². The quantitative estimate of drug-likeness (QED) is 0.131. The van der Waals surface area contributed by atoms with Gasteiger partial charge in [-0.25, -0.2) is 13.8 Å². The lowest BCUT2D eigenvalue weighted by Gasteiger charge is -2.32. The third-order valence-electron chi connectivity index (χ3n) is 9.05. The number of hydrogen-bond acceptors (Lipinski definition) is 2. The predicted octanol–water partition coefficient (Wildman–Crippen LogP) is 10.9. The third-order valence-corrected chi connectivity index (χ3v) is 9.05. The molecule has 2 aliphatic rings. The van der Waals surface area contributed by atoms with Gasteiger partial charge in [0.15, 0.2) is 0 Å².